The van der Waals surface area contributed by atoms with Crippen LogP contribution in [-0.4, -0.2) is 35.0 Å². The zero-order chi connectivity index (χ0) is 19.9. The number of carbonyl (C=O) groups is 2. The number of ether oxygens (including phenoxy) is 1. The van der Waals surface area contributed by atoms with E-state index in [2.05, 4.69) is 6.07 Å². The standard InChI is InChI=1S/C22H25NO5/c1-14-3-5-18(15(2)11-14)27-13-16-4-6-19(28-16)20(24)23-9-7-22(8-10-23)12-17(22)21(25)26/h3-6,11,17H,7-10,12-13H2,1-2H3,(H,25,26). The Hall–Kier alpha value is -2.76. The van der Waals surface area contributed by atoms with Gasteiger partial charge in [-0.25, -0.2) is 0 Å². The van der Waals surface area contributed by atoms with E-state index in [1.54, 1.807) is 17.0 Å². The van der Waals surface area contributed by atoms with Gasteiger partial charge >= 0.3 is 5.97 Å². The molecule has 1 saturated carbocycles. The van der Waals surface area contributed by atoms with Gasteiger partial charge in [-0.3, -0.25) is 9.59 Å². The van der Waals surface area contributed by atoms with Gasteiger partial charge in [0.25, 0.3) is 5.91 Å². The second-order valence-corrected chi connectivity index (χ2v) is 8.07. The summed E-state index contributed by atoms with van der Waals surface area (Å²) >= 11 is 0. The van der Waals surface area contributed by atoms with Gasteiger partial charge in [-0.1, -0.05) is 17.7 Å². The predicted octanol–water partition coefficient (Wildman–Crippen LogP) is 3.80. The number of carboxylic acids is 1. The normalized spacial score (nSPS) is 20.2. The molecule has 1 amide bonds. The Bertz CT molecular complexity index is 907. The summed E-state index contributed by atoms with van der Waals surface area (Å²) < 4.78 is 11.5. The molecular formula is C22H25NO5. The van der Waals surface area contributed by atoms with Crippen molar-refractivity contribution in [2.75, 3.05) is 13.1 Å². The van der Waals surface area contributed by atoms with Crippen LogP contribution >= 0.6 is 0 Å². The molecule has 6 heteroatoms. The molecule has 0 radical (unpaired) electrons. The average molecular weight is 383 g/mol. The van der Waals surface area contributed by atoms with Crippen LogP contribution in [0.25, 0.3) is 0 Å². The highest BCUT2D eigenvalue weighted by Gasteiger charge is 2.59. The Morgan fingerprint density at radius 3 is 2.61 bits per heavy atom. The molecule has 2 aliphatic rings. The number of carbonyl (C=O) groups excluding carboxylic acids is 1. The maximum Gasteiger partial charge on any atom is 0.307 e. The van der Waals surface area contributed by atoms with Crippen LogP contribution in [0, 0.1) is 25.2 Å². The number of hydrogen-bond acceptors (Lipinski definition) is 4. The van der Waals surface area contributed by atoms with Gasteiger partial charge in [0.05, 0.1) is 5.92 Å². The quantitative estimate of drug-likeness (QED) is 0.849. The lowest BCUT2D eigenvalue weighted by molar-refractivity contribution is -0.139. The van der Waals surface area contributed by atoms with Crippen LogP contribution in [0.15, 0.2) is 34.7 Å². The lowest BCUT2D eigenvalue weighted by Crippen LogP contribution is -2.39. The number of furan rings is 1. The summed E-state index contributed by atoms with van der Waals surface area (Å²) in [6.07, 6.45) is 2.24. The summed E-state index contributed by atoms with van der Waals surface area (Å²) in [5.74, 6) is 0.626. The van der Waals surface area contributed by atoms with Crippen molar-refractivity contribution >= 4 is 11.9 Å². The second kappa shape index (κ2) is 7.00. The molecule has 6 nitrogen and oxygen atoms in total. The van der Waals surface area contributed by atoms with Crippen molar-refractivity contribution in [2.45, 2.75) is 39.7 Å². The lowest BCUT2D eigenvalue weighted by atomic mass is 9.90. The van der Waals surface area contributed by atoms with E-state index in [1.807, 2.05) is 26.0 Å². The van der Waals surface area contributed by atoms with Gasteiger partial charge in [0.15, 0.2) is 5.76 Å². The molecule has 1 N–H and O–H groups in total. The molecular weight excluding hydrogens is 358 g/mol. The van der Waals surface area contributed by atoms with Crippen LogP contribution in [-0.2, 0) is 11.4 Å². The lowest BCUT2D eigenvalue weighted by Gasteiger charge is -2.32. The molecule has 1 unspecified atom stereocenters. The van der Waals surface area contributed by atoms with Crippen molar-refractivity contribution in [1.82, 2.24) is 4.90 Å². The topological polar surface area (TPSA) is 80.0 Å². The summed E-state index contributed by atoms with van der Waals surface area (Å²) in [6, 6.07) is 9.45. The van der Waals surface area contributed by atoms with Crippen LogP contribution in [0.5, 0.6) is 5.75 Å². The minimum absolute atomic E-state index is 0.0866. The van der Waals surface area contributed by atoms with Gasteiger partial charge in [-0.15, -0.1) is 0 Å². The van der Waals surface area contributed by atoms with Gasteiger partial charge in [0.1, 0.15) is 18.1 Å². The Kier molecular flexibility index (Phi) is 4.65. The zero-order valence-electron chi connectivity index (χ0n) is 16.2. The van der Waals surface area contributed by atoms with Crippen molar-refractivity contribution in [3.8, 4) is 5.75 Å². The molecule has 4 rings (SSSR count). The summed E-state index contributed by atoms with van der Waals surface area (Å²) in [5, 5.41) is 9.18. The number of hydrogen-bond donors (Lipinski definition) is 1. The molecule has 1 aliphatic carbocycles. The number of amides is 1. The molecule has 28 heavy (non-hydrogen) atoms. The molecule has 2 fully saturated rings. The first-order valence-corrected chi connectivity index (χ1v) is 9.69. The van der Waals surface area contributed by atoms with Gasteiger partial charge in [0.2, 0.25) is 0 Å². The van der Waals surface area contributed by atoms with Crippen molar-refractivity contribution in [2.24, 2.45) is 11.3 Å². The SMILES string of the molecule is Cc1ccc(OCc2ccc(C(=O)N3CCC4(CC3)CC4C(=O)O)o2)c(C)c1. The molecule has 1 spiro atoms. The van der Waals surface area contributed by atoms with Crippen molar-refractivity contribution in [3.05, 3.63) is 53.0 Å². The number of aryl methyl sites for hydroxylation is 2. The fraction of sp³-hybridized carbons (Fsp3) is 0.455. The number of nitrogens with zero attached hydrogens (tertiary/aromatic N) is 1. The van der Waals surface area contributed by atoms with Gasteiger partial charge in [-0.2, -0.15) is 0 Å². The van der Waals surface area contributed by atoms with Crippen LogP contribution in [0.2, 0.25) is 0 Å². The van der Waals surface area contributed by atoms with Gasteiger partial charge in [-0.05, 0) is 62.3 Å². The zero-order valence-corrected chi connectivity index (χ0v) is 16.2. The highest BCUT2D eigenvalue weighted by molar-refractivity contribution is 5.91. The highest BCUT2D eigenvalue weighted by Crippen LogP contribution is 2.59. The van der Waals surface area contributed by atoms with Crippen molar-refractivity contribution in [3.63, 3.8) is 0 Å². The Balaban J connectivity index is 1.33. The first-order chi connectivity index (χ1) is 13.4. The molecule has 2 aromatic rings. The van der Waals surface area contributed by atoms with Crippen LogP contribution < -0.4 is 4.74 Å². The maximum absolute atomic E-state index is 12.7. The third-order valence-corrected chi connectivity index (χ3v) is 6.11. The fourth-order valence-electron chi connectivity index (χ4n) is 4.24. The van der Waals surface area contributed by atoms with Crippen molar-refractivity contribution < 1.29 is 23.8 Å². The second-order valence-electron chi connectivity index (χ2n) is 8.07. The van der Waals surface area contributed by atoms with E-state index < -0.39 is 5.97 Å². The Labute approximate surface area is 164 Å². The first kappa shape index (κ1) is 18.6. The Morgan fingerprint density at radius 2 is 1.96 bits per heavy atom. The third-order valence-electron chi connectivity index (χ3n) is 6.11. The van der Waals surface area contributed by atoms with E-state index in [0.29, 0.717) is 24.6 Å². The number of likely N-dealkylation sites (tertiary alicyclic amines) is 1. The number of carboxylic acid groups (broad SMARTS) is 1. The molecule has 1 saturated heterocycles. The summed E-state index contributed by atoms with van der Waals surface area (Å²) in [7, 11) is 0. The number of aliphatic carboxylic acids is 1. The van der Waals surface area contributed by atoms with Crippen LogP contribution in [0.3, 0.4) is 0 Å². The molecule has 2 heterocycles. The van der Waals surface area contributed by atoms with E-state index in [1.165, 1.54) is 5.56 Å². The number of rotatable bonds is 5. The molecule has 1 atom stereocenters. The molecule has 1 aliphatic heterocycles. The Morgan fingerprint density at radius 1 is 1.21 bits per heavy atom. The van der Waals surface area contributed by atoms with E-state index in [9.17, 15) is 14.7 Å². The van der Waals surface area contributed by atoms with E-state index >= 15 is 0 Å². The minimum atomic E-state index is -0.709. The number of piperidine rings is 1. The highest BCUT2D eigenvalue weighted by atomic mass is 16.5. The van der Waals surface area contributed by atoms with Crippen LogP contribution in [0.1, 0.15) is 46.7 Å². The number of benzene rings is 1. The average Bonchev–Trinajstić information content (AvgIpc) is 3.16. The minimum Gasteiger partial charge on any atom is -0.485 e. The summed E-state index contributed by atoms with van der Waals surface area (Å²) in [6.45, 7) is 5.46. The molecule has 1 aromatic heterocycles. The van der Waals surface area contributed by atoms with Gasteiger partial charge < -0.3 is 19.2 Å². The third kappa shape index (κ3) is 3.51. The predicted molar refractivity (Wildman–Crippen MR) is 102 cm³/mol. The van der Waals surface area contributed by atoms with E-state index in [4.69, 9.17) is 9.15 Å². The monoisotopic (exact) mass is 383 g/mol. The molecule has 0 bridgehead atoms. The van der Waals surface area contributed by atoms with E-state index in [-0.39, 0.29) is 23.8 Å². The summed E-state index contributed by atoms with van der Waals surface area (Å²) in [5.41, 5.74) is 2.15. The van der Waals surface area contributed by atoms with Crippen LogP contribution in [0.4, 0.5) is 0 Å². The summed E-state index contributed by atoms with van der Waals surface area (Å²) in [4.78, 5) is 25.6. The molecule has 1 aromatic carbocycles. The van der Waals surface area contributed by atoms with Crippen molar-refractivity contribution in [1.29, 1.82) is 0 Å². The first-order valence-electron chi connectivity index (χ1n) is 9.69. The smallest absolute Gasteiger partial charge is 0.307 e. The molecule has 148 valence electrons. The maximum atomic E-state index is 12.7. The largest absolute Gasteiger partial charge is 0.485 e. The van der Waals surface area contributed by atoms with E-state index in [0.717, 1.165) is 30.6 Å². The fourth-order valence-corrected chi connectivity index (χ4v) is 4.24. The van der Waals surface area contributed by atoms with Gasteiger partial charge in [0, 0.05) is 13.1 Å².